The van der Waals surface area contributed by atoms with Crippen LogP contribution in [0, 0.1) is 5.92 Å². The molecular formula is C20H24N2O3S. The second kappa shape index (κ2) is 8.01. The number of sulfonamides is 1. The summed E-state index contributed by atoms with van der Waals surface area (Å²) in [5.41, 5.74) is 6.84. The first-order valence-corrected chi connectivity index (χ1v) is 10.3. The lowest BCUT2D eigenvalue weighted by Gasteiger charge is -2.31. The zero-order valence-electron chi connectivity index (χ0n) is 14.7. The molecule has 0 saturated carbocycles. The zero-order valence-corrected chi connectivity index (χ0v) is 15.5. The Hall–Kier alpha value is -2.18. The number of hydrogen-bond acceptors (Lipinski definition) is 3. The van der Waals surface area contributed by atoms with E-state index in [2.05, 4.69) is 12.1 Å². The number of piperidine rings is 1. The maximum absolute atomic E-state index is 12.8. The fraction of sp³-hybridized carbons (Fsp3) is 0.350. The SMILES string of the molecule is NC(=O)c1ccc(S(=O)(=O)N2CCC(CCc3ccccc3)CC2)cc1. The van der Waals surface area contributed by atoms with Crippen molar-refractivity contribution in [3.8, 4) is 0 Å². The third kappa shape index (κ3) is 4.31. The average Bonchev–Trinajstić information content (AvgIpc) is 2.67. The molecule has 2 aromatic carbocycles. The number of aryl methyl sites for hydroxylation is 1. The first kappa shape index (κ1) is 18.6. The predicted molar refractivity (Wildman–Crippen MR) is 101 cm³/mol. The second-order valence-electron chi connectivity index (χ2n) is 6.76. The molecule has 0 spiro atoms. The van der Waals surface area contributed by atoms with E-state index in [9.17, 15) is 13.2 Å². The van der Waals surface area contributed by atoms with Crippen LogP contribution in [0.15, 0.2) is 59.5 Å². The number of carbonyl (C=O) groups is 1. The van der Waals surface area contributed by atoms with Gasteiger partial charge in [0.05, 0.1) is 4.90 Å². The molecule has 0 aromatic heterocycles. The number of rotatable bonds is 6. The molecule has 0 radical (unpaired) electrons. The van der Waals surface area contributed by atoms with Crippen LogP contribution < -0.4 is 5.73 Å². The molecule has 1 aliphatic heterocycles. The Labute approximate surface area is 154 Å². The third-order valence-electron chi connectivity index (χ3n) is 5.03. The average molecular weight is 372 g/mol. The minimum Gasteiger partial charge on any atom is -0.366 e. The molecular weight excluding hydrogens is 348 g/mol. The van der Waals surface area contributed by atoms with Crippen molar-refractivity contribution >= 4 is 15.9 Å². The van der Waals surface area contributed by atoms with Gasteiger partial charge in [-0.2, -0.15) is 4.31 Å². The summed E-state index contributed by atoms with van der Waals surface area (Å²) < 4.78 is 27.1. The molecule has 1 fully saturated rings. The van der Waals surface area contributed by atoms with Crippen LogP contribution in [0.5, 0.6) is 0 Å². The number of nitrogens with two attached hydrogens (primary N) is 1. The summed E-state index contributed by atoms with van der Waals surface area (Å²) in [5.74, 6) is -0.00734. The fourth-order valence-corrected chi connectivity index (χ4v) is 4.86. The maximum Gasteiger partial charge on any atom is 0.248 e. The second-order valence-corrected chi connectivity index (χ2v) is 8.70. The topological polar surface area (TPSA) is 80.5 Å². The molecule has 0 bridgehead atoms. The first-order chi connectivity index (χ1) is 12.5. The summed E-state index contributed by atoms with van der Waals surface area (Å²) in [6.45, 7) is 1.08. The molecule has 0 aliphatic carbocycles. The van der Waals surface area contributed by atoms with E-state index in [4.69, 9.17) is 5.73 Å². The lowest BCUT2D eigenvalue weighted by atomic mass is 9.91. The molecule has 5 nitrogen and oxygen atoms in total. The highest BCUT2D eigenvalue weighted by atomic mass is 32.2. The van der Waals surface area contributed by atoms with Crippen LogP contribution in [0.25, 0.3) is 0 Å². The van der Waals surface area contributed by atoms with Gasteiger partial charge in [0.25, 0.3) is 0 Å². The highest BCUT2D eigenvalue weighted by Crippen LogP contribution is 2.26. The van der Waals surface area contributed by atoms with Crippen molar-refractivity contribution in [2.75, 3.05) is 13.1 Å². The molecule has 138 valence electrons. The van der Waals surface area contributed by atoms with E-state index < -0.39 is 15.9 Å². The molecule has 6 heteroatoms. The Morgan fingerprint density at radius 2 is 1.62 bits per heavy atom. The fourth-order valence-electron chi connectivity index (χ4n) is 3.39. The van der Waals surface area contributed by atoms with Gasteiger partial charge in [-0.3, -0.25) is 4.79 Å². The summed E-state index contributed by atoms with van der Waals surface area (Å²) in [6.07, 6.45) is 3.88. The molecule has 1 aliphatic rings. The number of amides is 1. The number of hydrogen-bond donors (Lipinski definition) is 1. The van der Waals surface area contributed by atoms with E-state index in [-0.39, 0.29) is 4.90 Å². The van der Waals surface area contributed by atoms with Crippen molar-refractivity contribution in [3.05, 3.63) is 65.7 Å². The van der Waals surface area contributed by atoms with Crippen LogP contribution in [-0.2, 0) is 16.4 Å². The lowest BCUT2D eigenvalue weighted by Crippen LogP contribution is -2.38. The van der Waals surface area contributed by atoms with E-state index in [0.717, 1.165) is 25.7 Å². The highest BCUT2D eigenvalue weighted by molar-refractivity contribution is 7.89. The summed E-state index contributed by atoms with van der Waals surface area (Å²) in [4.78, 5) is 11.3. The number of nitrogens with zero attached hydrogens (tertiary/aromatic N) is 1. The first-order valence-electron chi connectivity index (χ1n) is 8.91. The molecule has 1 amide bonds. The Morgan fingerprint density at radius 1 is 1.00 bits per heavy atom. The molecule has 1 heterocycles. The van der Waals surface area contributed by atoms with Crippen LogP contribution in [0.2, 0.25) is 0 Å². The maximum atomic E-state index is 12.8. The van der Waals surface area contributed by atoms with Crippen molar-refractivity contribution in [2.45, 2.75) is 30.6 Å². The van der Waals surface area contributed by atoms with E-state index in [0.29, 0.717) is 24.6 Å². The minimum absolute atomic E-state index is 0.213. The van der Waals surface area contributed by atoms with Gasteiger partial charge in [-0.25, -0.2) is 8.42 Å². The summed E-state index contributed by atoms with van der Waals surface area (Å²) in [5, 5.41) is 0. The predicted octanol–water partition coefficient (Wildman–Crippen LogP) is 2.82. The van der Waals surface area contributed by atoms with Crippen molar-refractivity contribution < 1.29 is 13.2 Å². The summed E-state index contributed by atoms with van der Waals surface area (Å²) >= 11 is 0. The Balaban J connectivity index is 1.57. The quantitative estimate of drug-likeness (QED) is 0.847. The minimum atomic E-state index is -3.51. The van der Waals surface area contributed by atoms with Gasteiger partial charge in [-0.1, -0.05) is 30.3 Å². The molecule has 26 heavy (non-hydrogen) atoms. The Bertz CT molecular complexity index is 840. The van der Waals surface area contributed by atoms with Crippen LogP contribution in [0.4, 0.5) is 0 Å². The van der Waals surface area contributed by atoms with E-state index in [1.165, 1.54) is 29.8 Å². The number of benzene rings is 2. The number of primary amides is 1. The highest BCUT2D eigenvalue weighted by Gasteiger charge is 2.29. The molecule has 0 atom stereocenters. The van der Waals surface area contributed by atoms with Gasteiger partial charge >= 0.3 is 0 Å². The standard InChI is InChI=1S/C20H24N2O3S/c21-20(23)18-8-10-19(11-9-18)26(24,25)22-14-12-17(13-15-22)7-6-16-4-2-1-3-5-16/h1-5,8-11,17H,6-7,12-15H2,(H2,21,23). The van der Waals surface area contributed by atoms with Gasteiger partial charge in [-0.05, 0) is 61.4 Å². The van der Waals surface area contributed by atoms with Crippen LogP contribution in [0.3, 0.4) is 0 Å². The molecule has 3 rings (SSSR count). The van der Waals surface area contributed by atoms with Crippen molar-refractivity contribution in [1.82, 2.24) is 4.31 Å². The van der Waals surface area contributed by atoms with Crippen molar-refractivity contribution in [2.24, 2.45) is 11.7 Å². The molecule has 1 saturated heterocycles. The van der Waals surface area contributed by atoms with Crippen LogP contribution >= 0.6 is 0 Å². The van der Waals surface area contributed by atoms with Gasteiger partial charge in [-0.15, -0.1) is 0 Å². The van der Waals surface area contributed by atoms with Crippen LogP contribution in [0.1, 0.15) is 35.2 Å². The molecule has 2 N–H and O–H groups in total. The normalized spacial score (nSPS) is 16.5. The van der Waals surface area contributed by atoms with Crippen LogP contribution in [-0.4, -0.2) is 31.7 Å². The van der Waals surface area contributed by atoms with Crippen molar-refractivity contribution in [3.63, 3.8) is 0 Å². The summed E-state index contributed by atoms with van der Waals surface area (Å²) in [7, 11) is -3.51. The van der Waals surface area contributed by atoms with E-state index in [1.807, 2.05) is 18.2 Å². The molecule has 2 aromatic rings. The summed E-state index contributed by atoms with van der Waals surface area (Å²) in [6, 6.07) is 16.2. The Kier molecular flexibility index (Phi) is 5.74. The van der Waals surface area contributed by atoms with Gasteiger partial charge in [0, 0.05) is 18.7 Å². The van der Waals surface area contributed by atoms with Crippen molar-refractivity contribution in [1.29, 1.82) is 0 Å². The smallest absolute Gasteiger partial charge is 0.248 e. The van der Waals surface area contributed by atoms with E-state index >= 15 is 0 Å². The molecule has 0 unspecified atom stereocenters. The van der Waals surface area contributed by atoms with Gasteiger partial charge in [0.1, 0.15) is 0 Å². The lowest BCUT2D eigenvalue weighted by molar-refractivity contribution is 0.1000. The Morgan fingerprint density at radius 3 is 2.19 bits per heavy atom. The van der Waals surface area contributed by atoms with Gasteiger partial charge in [0.2, 0.25) is 15.9 Å². The monoisotopic (exact) mass is 372 g/mol. The third-order valence-corrected chi connectivity index (χ3v) is 6.95. The van der Waals surface area contributed by atoms with Gasteiger partial charge in [0.15, 0.2) is 0 Å². The number of carbonyl (C=O) groups excluding carboxylic acids is 1. The van der Waals surface area contributed by atoms with Gasteiger partial charge < -0.3 is 5.73 Å². The zero-order chi connectivity index (χ0) is 18.6. The largest absolute Gasteiger partial charge is 0.366 e. The van der Waals surface area contributed by atoms with E-state index in [1.54, 1.807) is 4.31 Å².